The summed E-state index contributed by atoms with van der Waals surface area (Å²) in [6, 6.07) is 44.8. The molecule has 0 amide bonds. The fraction of sp³-hybridized carbons (Fsp3) is 0.184. The van der Waals surface area contributed by atoms with Gasteiger partial charge in [0.2, 0.25) is 0 Å². The Morgan fingerprint density at radius 2 is 1.13 bits per heavy atom. The lowest BCUT2D eigenvalue weighted by Crippen LogP contribution is -2.57. The van der Waals surface area contributed by atoms with Crippen LogP contribution in [0.15, 0.2) is 152 Å². The molecule has 0 saturated heterocycles. The van der Waals surface area contributed by atoms with Crippen LogP contribution in [0.3, 0.4) is 0 Å². The van der Waals surface area contributed by atoms with Gasteiger partial charge in [-0.05, 0) is 90.9 Å². The molecule has 272 valence electrons. The number of carbonyl (C=O) groups is 2. The maximum atomic E-state index is 14.3. The fourth-order valence-electron chi connectivity index (χ4n) is 9.36. The molecule has 0 aromatic heterocycles. The van der Waals surface area contributed by atoms with E-state index in [9.17, 15) is 19.8 Å². The largest absolute Gasteiger partial charge is 0.426 e. The number of aliphatic hydroxyl groups is 2. The number of rotatable bonds is 6. The molecule has 0 aliphatic heterocycles. The summed E-state index contributed by atoms with van der Waals surface area (Å²) in [5, 5.41) is 25.2. The molecule has 6 aromatic rings. The first-order chi connectivity index (χ1) is 26.4. The zero-order valence-electron chi connectivity index (χ0n) is 30.9. The van der Waals surface area contributed by atoms with Crippen molar-refractivity contribution in [2.75, 3.05) is 0 Å². The Morgan fingerprint density at radius 3 is 1.67 bits per heavy atom. The second-order valence-corrected chi connectivity index (χ2v) is 15.9. The van der Waals surface area contributed by atoms with Gasteiger partial charge < -0.3 is 19.7 Å². The zero-order chi connectivity index (χ0) is 38.3. The molecular weight excluding hydrogens is 685 g/mol. The van der Waals surface area contributed by atoms with Crippen molar-refractivity contribution >= 4 is 11.9 Å². The quantitative estimate of drug-likeness (QED) is 0.101. The average molecular weight is 725 g/mol. The maximum Gasteiger partial charge on any atom is 0.335 e. The molecule has 3 atom stereocenters. The topological polar surface area (TPSA) is 93.1 Å². The monoisotopic (exact) mass is 724 g/mol. The number of fused-ring (bicyclic) bond motifs is 4. The Kier molecular flexibility index (Phi) is 7.70. The third-order valence-electron chi connectivity index (χ3n) is 11.9. The van der Waals surface area contributed by atoms with Gasteiger partial charge in [0.25, 0.3) is 0 Å². The number of esters is 2. The van der Waals surface area contributed by atoms with E-state index in [0.717, 1.165) is 45.0 Å². The van der Waals surface area contributed by atoms with E-state index in [2.05, 4.69) is 51.6 Å². The molecule has 2 N–H and O–H groups in total. The van der Waals surface area contributed by atoms with Gasteiger partial charge in [-0.15, -0.1) is 0 Å². The summed E-state index contributed by atoms with van der Waals surface area (Å²) in [5.74, 6) is -1.48. The summed E-state index contributed by atoms with van der Waals surface area (Å²) < 4.78 is 11.5. The van der Waals surface area contributed by atoms with Gasteiger partial charge >= 0.3 is 11.9 Å². The lowest BCUT2D eigenvalue weighted by molar-refractivity contribution is -0.157. The zero-order valence-corrected chi connectivity index (χ0v) is 30.9. The van der Waals surface area contributed by atoms with Crippen molar-refractivity contribution in [2.24, 2.45) is 5.92 Å². The summed E-state index contributed by atoms with van der Waals surface area (Å²) in [7, 11) is 0. The van der Waals surface area contributed by atoms with E-state index in [1.54, 1.807) is 30.3 Å². The molecule has 6 nitrogen and oxygen atoms in total. The van der Waals surface area contributed by atoms with Gasteiger partial charge in [-0.2, -0.15) is 0 Å². The van der Waals surface area contributed by atoms with Gasteiger partial charge in [0, 0.05) is 12.5 Å². The van der Waals surface area contributed by atoms with E-state index >= 15 is 0 Å². The highest BCUT2D eigenvalue weighted by atomic mass is 16.5. The van der Waals surface area contributed by atoms with E-state index < -0.39 is 34.5 Å². The van der Waals surface area contributed by atoms with Crippen LogP contribution in [-0.2, 0) is 31.6 Å². The van der Waals surface area contributed by atoms with E-state index in [1.165, 1.54) is 0 Å². The fourth-order valence-corrected chi connectivity index (χ4v) is 9.36. The molecular formula is C49H40O6. The molecule has 0 heterocycles. The molecule has 0 spiro atoms. The molecule has 2 bridgehead atoms. The molecule has 10 rings (SSSR count). The lowest BCUT2D eigenvalue weighted by Gasteiger charge is -2.54. The summed E-state index contributed by atoms with van der Waals surface area (Å²) in [5.41, 5.74) is 5.54. The number of hydrogen-bond donors (Lipinski definition) is 2. The normalized spacial score (nSPS) is 21.1. The van der Waals surface area contributed by atoms with E-state index in [0.29, 0.717) is 33.8 Å². The maximum absolute atomic E-state index is 14.3. The summed E-state index contributed by atoms with van der Waals surface area (Å²) in [6.07, 6.45) is 1.11. The van der Waals surface area contributed by atoms with Gasteiger partial charge in [-0.1, -0.05) is 143 Å². The smallest absolute Gasteiger partial charge is 0.335 e. The highest BCUT2D eigenvalue weighted by Crippen LogP contribution is 2.61. The molecule has 4 aliphatic carbocycles. The minimum Gasteiger partial charge on any atom is -0.426 e. The molecule has 0 radical (unpaired) electrons. The minimum atomic E-state index is -1.70. The Bertz CT molecular complexity index is 2500. The van der Waals surface area contributed by atoms with Crippen molar-refractivity contribution < 1.29 is 29.3 Å². The first kappa shape index (κ1) is 34.7. The molecule has 6 aromatic carbocycles. The van der Waals surface area contributed by atoms with Crippen LogP contribution in [0.4, 0.5) is 0 Å². The number of benzene rings is 6. The van der Waals surface area contributed by atoms with Crippen LogP contribution >= 0.6 is 0 Å². The van der Waals surface area contributed by atoms with Crippen molar-refractivity contribution in [3.05, 3.63) is 202 Å². The third kappa shape index (κ3) is 4.95. The molecule has 6 heteroatoms. The second kappa shape index (κ2) is 12.2. The van der Waals surface area contributed by atoms with Crippen LogP contribution in [0.25, 0.3) is 11.1 Å². The average Bonchev–Trinajstić information content (AvgIpc) is 3.50. The highest BCUT2D eigenvalue weighted by molar-refractivity contribution is 5.87. The number of carbonyl (C=O) groups excluding carboxylic acids is 2. The van der Waals surface area contributed by atoms with E-state index in [1.807, 2.05) is 84.9 Å². The van der Waals surface area contributed by atoms with Crippen LogP contribution < -0.4 is 9.47 Å². The predicted octanol–water partition coefficient (Wildman–Crippen LogP) is 8.85. The van der Waals surface area contributed by atoms with Crippen LogP contribution in [-0.4, -0.2) is 22.2 Å². The van der Waals surface area contributed by atoms with Gasteiger partial charge in [-0.3, -0.25) is 4.79 Å². The Labute approximate surface area is 320 Å². The van der Waals surface area contributed by atoms with Crippen molar-refractivity contribution in [1.29, 1.82) is 0 Å². The van der Waals surface area contributed by atoms with Crippen LogP contribution in [0.2, 0.25) is 0 Å². The highest BCUT2D eigenvalue weighted by Gasteiger charge is 2.62. The molecule has 0 saturated carbocycles. The van der Waals surface area contributed by atoms with Crippen LogP contribution in [0.1, 0.15) is 77.3 Å². The molecule has 0 fully saturated rings. The van der Waals surface area contributed by atoms with Gasteiger partial charge in [0.15, 0.2) is 0 Å². The predicted molar refractivity (Wildman–Crippen MR) is 211 cm³/mol. The van der Waals surface area contributed by atoms with Crippen molar-refractivity contribution in [3.8, 4) is 22.6 Å². The first-order valence-corrected chi connectivity index (χ1v) is 18.6. The Morgan fingerprint density at radius 1 is 0.636 bits per heavy atom. The Balaban J connectivity index is 1.10. The van der Waals surface area contributed by atoms with Crippen molar-refractivity contribution in [3.63, 3.8) is 0 Å². The van der Waals surface area contributed by atoms with Gasteiger partial charge in [0.1, 0.15) is 22.7 Å². The second-order valence-electron chi connectivity index (χ2n) is 15.9. The van der Waals surface area contributed by atoms with Crippen LogP contribution in [0, 0.1) is 5.92 Å². The summed E-state index contributed by atoms with van der Waals surface area (Å²) >= 11 is 0. The lowest BCUT2D eigenvalue weighted by atomic mass is 9.54. The summed E-state index contributed by atoms with van der Waals surface area (Å²) in [4.78, 5) is 26.3. The van der Waals surface area contributed by atoms with E-state index in [4.69, 9.17) is 9.47 Å². The van der Waals surface area contributed by atoms with E-state index in [-0.39, 0.29) is 11.8 Å². The van der Waals surface area contributed by atoms with Crippen molar-refractivity contribution in [1.82, 2.24) is 0 Å². The third-order valence-corrected chi connectivity index (χ3v) is 11.9. The molecule has 3 unspecified atom stereocenters. The van der Waals surface area contributed by atoms with Crippen molar-refractivity contribution in [2.45, 2.75) is 49.2 Å². The SMILES string of the molecule is C=CC(=O)Oc1ccc(C2(c3ccc(OC(=O)C4CC5(O)c6ccccc6C4(O)c4ccc(C(C)(C)C)cc45)cc3)c3ccccc3-c3ccccc32)cc1. The van der Waals surface area contributed by atoms with Gasteiger partial charge in [0.05, 0.1) is 11.3 Å². The Hall–Kier alpha value is -6.08. The minimum absolute atomic E-state index is 0.0210. The van der Waals surface area contributed by atoms with Gasteiger partial charge in [-0.25, -0.2) is 4.79 Å². The molecule has 4 aliphatic rings. The standard InChI is InChI=1S/C49H40O6/c1-5-44(50)54-33-23-18-30(19-24-33)48(37-14-8-6-12-35(37)36-13-7-9-15-38(36)48)31-20-25-34(26-21-31)55-45(51)43-29-47(52)39-16-10-11-17-40(39)49(43,53)41-27-22-32(28-42(41)47)46(2,3)4/h5-28,43,52-53H,1,29H2,2-4H3. The number of hydrogen-bond acceptors (Lipinski definition) is 6. The number of ether oxygens (including phenoxy) is 2. The van der Waals surface area contributed by atoms with Crippen LogP contribution in [0.5, 0.6) is 11.5 Å². The molecule has 55 heavy (non-hydrogen) atoms. The first-order valence-electron chi connectivity index (χ1n) is 18.6. The summed E-state index contributed by atoms with van der Waals surface area (Å²) in [6.45, 7) is 9.84.